The number of carbonyl (C=O) groups excluding carboxylic acids is 1. The van der Waals surface area contributed by atoms with Gasteiger partial charge in [0, 0.05) is 10.7 Å². The van der Waals surface area contributed by atoms with Crippen molar-refractivity contribution in [2.45, 2.75) is 18.2 Å². The van der Waals surface area contributed by atoms with Crippen LogP contribution < -0.4 is 14.8 Å². The second kappa shape index (κ2) is 8.15. The van der Waals surface area contributed by atoms with E-state index >= 15 is 0 Å². The summed E-state index contributed by atoms with van der Waals surface area (Å²) in [5, 5.41) is 2.92. The number of ether oxygens (including phenoxy) is 1. The Balaban J connectivity index is 1.99. The van der Waals surface area contributed by atoms with Crippen LogP contribution in [-0.4, -0.2) is 27.2 Å². The summed E-state index contributed by atoms with van der Waals surface area (Å²) >= 11 is 5.84. The number of halogens is 4. The Morgan fingerprint density at radius 3 is 2.37 bits per heavy atom. The van der Waals surface area contributed by atoms with Crippen molar-refractivity contribution >= 4 is 33.2 Å². The van der Waals surface area contributed by atoms with Gasteiger partial charge in [0.1, 0.15) is 5.75 Å². The Kier molecular flexibility index (Phi) is 6.34. The SMILES string of the molecule is Cc1ccc(Cl)cc1NC(=O)CNS(=O)(=O)c1ccc(OC(F)(F)F)cc1. The number of hydrogen-bond donors (Lipinski definition) is 2. The fourth-order valence-electron chi connectivity index (χ4n) is 1.99. The molecule has 0 atom stereocenters. The first-order valence-electron chi connectivity index (χ1n) is 7.38. The van der Waals surface area contributed by atoms with E-state index in [0.29, 0.717) is 10.7 Å². The molecule has 6 nitrogen and oxygen atoms in total. The average Bonchev–Trinajstić information content (AvgIpc) is 2.55. The number of benzene rings is 2. The molecule has 146 valence electrons. The highest BCUT2D eigenvalue weighted by Gasteiger charge is 2.31. The number of hydrogen-bond acceptors (Lipinski definition) is 4. The van der Waals surface area contributed by atoms with Gasteiger partial charge < -0.3 is 10.1 Å². The Hall–Kier alpha value is -2.30. The van der Waals surface area contributed by atoms with E-state index < -0.39 is 34.6 Å². The Bertz CT molecular complexity index is 932. The van der Waals surface area contributed by atoms with E-state index in [9.17, 15) is 26.4 Å². The molecular formula is C16H14ClF3N2O4S. The summed E-state index contributed by atoms with van der Waals surface area (Å²) in [5.41, 5.74) is 1.16. The third-order valence-corrected chi connectivity index (χ3v) is 4.92. The number of rotatable bonds is 6. The van der Waals surface area contributed by atoms with Crippen LogP contribution in [0.25, 0.3) is 0 Å². The van der Waals surface area contributed by atoms with E-state index in [-0.39, 0.29) is 4.90 Å². The maximum Gasteiger partial charge on any atom is 0.573 e. The minimum atomic E-state index is -4.88. The maximum atomic E-state index is 12.1. The van der Waals surface area contributed by atoms with E-state index in [4.69, 9.17) is 11.6 Å². The van der Waals surface area contributed by atoms with Crippen LogP contribution in [-0.2, 0) is 14.8 Å². The molecule has 0 heterocycles. The van der Waals surface area contributed by atoms with E-state index in [2.05, 4.69) is 14.8 Å². The average molecular weight is 423 g/mol. The molecule has 0 aromatic heterocycles. The Morgan fingerprint density at radius 2 is 1.78 bits per heavy atom. The van der Waals surface area contributed by atoms with Gasteiger partial charge in [0.15, 0.2) is 0 Å². The molecule has 2 aromatic rings. The van der Waals surface area contributed by atoms with Crippen LogP contribution in [0.5, 0.6) is 5.75 Å². The van der Waals surface area contributed by atoms with E-state index in [0.717, 1.165) is 29.8 Å². The fraction of sp³-hybridized carbons (Fsp3) is 0.188. The molecule has 0 bridgehead atoms. The predicted octanol–water partition coefficient (Wildman–Crippen LogP) is 3.46. The van der Waals surface area contributed by atoms with Crippen LogP contribution in [0.3, 0.4) is 0 Å². The van der Waals surface area contributed by atoms with Crippen molar-refractivity contribution in [2.24, 2.45) is 0 Å². The van der Waals surface area contributed by atoms with E-state index in [1.807, 2.05) is 0 Å². The summed E-state index contributed by atoms with van der Waals surface area (Å²) in [6.07, 6.45) is -4.88. The first kappa shape index (κ1) is 21.0. The predicted molar refractivity (Wildman–Crippen MR) is 93.1 cm³/mol. The number of aryl methyl sites for hydroxylation is 1. The van der Waals surface area contributed by atoms with Crippen LogP contribution in [0.15, 0.2) is 47.4 Å². The molecule has 11 heteroatoms. The van der Waals surface area contributed by atoms with Gasteiger partial charge in [-0.05, 0) is 48.9 Å². The highest BCUT2D eigenvalue weighted by Crippen LogP contribution is 2.24. The van der Waals surface area contributed by atoms with Crippen LogP contribution in [0.1, 0.15) is 5.56 Å². The topological polar surface area (TPSA) is 84.5 Å². The lowest BCUT2D eigenvalue weighted by Crippen LogP contribution is -2.33. The van der Waals surface area contributed by atoms with E-state index in [1.165, 1.54) is 6.07 Å². The quantitative estimate of drug-likeness (QED) is 0.746. The van der Waals surface area contributed by atoms with Crippen molar-refractivity contribution < 1.29 is 31.1 Å². The van der Waals surface area contributed by atoms with Gasteiger partial charge in [-0.2, -0.15) is 0 Å². The second-order valence-electron chi connectivity index (χ2n) is 5.35. The highest BCUT2D eigenvalue weighted by molar-refractivity contribution is 7.89. The van der Waals surface area contributed by atoms with Crippen LogP contribution in [0.2, 0.25) is 5.02 Å². The van der Waals surface area contributed by atoms with Crippen molar-refractivity contribution in [2.75, 3.05) is 11.9 Å². The number of sulfonamides is 1. The summed E-state index contributed by atoms with van der Waals surface area (Å²) in [6.45, 7) is 1.16. The van der Waals surface area contributed by atoms with Crippen molar-refractivity contribution in [3.05, 3.63) is 53.1 Å². The summed E-state index contributed by atoms with van der Waals surface area (Å²) in [6, 6.07) is 8.43. The van der Waals surface area contributed by atoms with Gasteiger partial charge in [0.2, 0.25) is 15.9 Å². The Morgan fingerprint density at radius 1 is 1.15 bits per heavy atom. The summed E-state index contributed by atoms with van der Waals surface area (Å²) in [5.74, 6) is -1.20. The Labute approximate surface area is 158 Å². The number of nitrogens with one attached hydrogen (secondary N) is 2. The molecule has 0 unspecified atom stereocenters. The third kappa shape index (κ3) is 6.42. The highest BCUT2D eigenvalue weighted by atomic mass is 35.5. The lowest BCUT2D eigenvalue weighted by molar-refractivity contribution is -0.274. The van der Waals surface area contributed by atoms with Crippen LogP contribution in [0.4, 0.5) is 18.9 Å². The molecule has 1 amide bonds. The summed E-state index contributed by atoms with van der Waals surface area (Å²) < 4.78 is 66.3. The second-order valence-corrected chi connectivity index (χ2v) is 7.55. The molecule has 0 saturated heterocycles. The van der Waals surface area contributed by atoms with E-state index in [1.54, 1.807) is 19.1 Å². The van der Waals surface area contributed by atoms with Crippen molar-refractivity contribution in [1.82, 2.24) is 4.72 Å². The fourth-order valence-corrected chi connectivity index (χ4v) is 3.14. The zero-order valence-electron chi connectivity index (χ0n) is 13.8. The first-order chi connectivity index (χ1) is 12.5. The number of amides is 1. The smallest absolute Gasteiger partial charge is 0.406 e. The molecule has 0 radical (unpaired) electrons. The lowest BCUT2D eigenvalue weighted by atomic mass is 10.2. The summed E-state index contributed by atoms with van der Waals surface area (Å²) in [4.78, 5) is 11.6. The molecule has 0 aliphatic carbocycles. The van der Waals surface area contributed by atoms with Gasteiger partial charge in [-0.25, -0.2) is 13.1 Å². The third-order valence-electron chi connectivity index (χ3n) is 3.26. The number of anilines is 1. The normalized spacial score (nSPS) is 11.9. The summed E-state index contributed by atoms with van der Waals surface area (Å²) in [7, 11) is -4.10. The lowest BCUT2D eigenvalue weighted by Gasteiger charge is -2.11. The number of alkyl halides is 3. The number of carbonyl (C=O) groups is 1. The van der Waals surface area contributed by atoms with Crippen molar-refractivity contribution in [3.63, 3.8) is 0 Å². The largest absolute Gasteiger partial charge is 0.573 e. The molecule has 0 aliphatic rings. The van der Waals surface area contributed by atoms with Gasteiger partial charge in [-0.1, -0.05) is 17.7 Å². The van der Waals surface area contributed by atoms with Crippen LogP contribution in [0, 0.1) is 6.92 Å². The standard InChI is InChI=1S/C16H14ClF3N2O4S/c1-10-2-3-11(17)8-14(10)22-15(23)9-21-27(24,25)13-6-4-12(5-7-13)26-16(18,19)20/h2-8,21H,9H2,1H3,(H,22,23). The van der Waals surface area contributed by atoms with Gasteiger partial charge in [0.05, 0.1) is 11.4 Å². The van der Waals surface area contributed by atoms with Crippen molar-refractivity contribution in [3.8, 4) is 5.75 Å². The monoisotopic (exact) mass is 422 g/mol. The molecule has 27 heavy (non-hydrogen) atoms. The zero-order valence-corrected chi connectivity index (χ0v) is 15.4. The molecule has 2 aromatic carbocycles. The molecule has 2 N–H and O–H groups in total. The molecule has 0 aliphatic heterocycles. The molecule has 0 spiro atoms. The van der Waals surface area contributed by atoms with Crippen LogP contribution >= 0.6 is 11.6 Å². The first-order valence-corrected chi connectivity index (χ1v) is 9.24. The zero-order chi connectivity index (χ0) is 20.2. The van der Waals surface area contributed by atoms with Gasteiger partial charge >= 0.3 is 6.36 Å². The minimum absolute atomic E-state index is 0.316. The maximum absolute atomic E-state index is 12.1. The molecule has 0 saturated carbocycles. The molecular weight excluding hydrogens is 409 g/mol. The van der Waals surface area contributed by atoms with Gasteiger partial charge in [-0.3, -0.25) is 4.79 Å². The van der Waals surface area contributed by atoms with Gasteiger partial charge in [0.25, 0.3) is 0 Å². The van der Waals surface area contributed by atoms with Crippen molar-refractivity contribution in [1.29, 1.82) is 0 Å². The van der Waals surface area contributed by atoms with Gasteiger partial charge in [-0.15, -0.1) is 13.2 Å². The molecule has 2 rings (SSSR count). The minimum Gasteiger partial charge on any atom is -0.406 e. The molecule has 0 fully saturated rings.